The zero-order valence-corrected chi connectivity index (χ0v) is 24.5. The number of fused-ring (bicyclic) bond motifs is 1. The lowest BCUT2D eigenvalue weighted by atomic mass is 9.87. The maximum absolute atomic E-state index is 15.3. The van der Waals surface area contributed by atoms with Crippen LogP contribution in [0.15, 0.2) is 68.7 Å². The summed E-state index contributed by atoms with van der Waals surface area (Å²) < 4.78 is 56.7. The maximum Gasteiger partial charge on any atom is 0.434 e. The number of sulfonamides is 1. The molecule has 5 rings (SSSR count). The normalized spacial score (nSPS) is 16.9. The van der Waals surface area contributed by atoms with Crippen molar-refractivity contribution in [3.8, 4) is 0 Å². The topological polar surface area (TPSA) is 118 Å². The number of aromatic amines is 1. The van der Waals surface area contributed by atoms with E-state index in [1.165, 1.54) is 12.1 Å². The molecule has 2 N–H and O–H groups in total. The minimum atomic E-state index is -4.29. The van der Waals surface area contributed by atoms with Crippen LogP contribution < -0.4 is 11.1 Å². The van der Waals surface area contributed by atoms with Gasteiger partial charge in [-0.15, -0.1) is 5.10 Å². The number of H-pyrrole nitrogens is 1. The van der Waals surface area contributed by atoms with Crippen LogP contribution in [0, 0.1) is 19.7 Å². The van der Waals surface area contributed by atoms with Gasteiger partial charge in [0.15, 0.2) is 0 Å². The van der Waals surface area contributed by atoms with Gasteiger partial charge < -0.3 is 14.5 Å². The maximum atomic E-state index is 15.3. The van der Waals surface area contributed by atoms with Gasteiger partial charge in [0.05, 0.1) is 25.1 Å². The van der Waals surface area contributed by atoms with Crippen LogP contribution in [0.25, 0.3) is 0 Å². The standard InChI is InChI=1S/C29H30ClFN4O5S/c1-16-10-11-23(31)25(17(16)2)18(3)26(28-33-34-29(36)40-28)35-15-32-24-13-21(30)12-22(27(24)41(35,37)38)19(4)39-14-20-8-6-5-7-9-20/h5-13,18-19,26,32H,14-15H2,1-4H3,(H,34,36)/t18?,19?,26-/m0/s1. The lowest BCUT2D eigenvalue weighted by Crippen LogP contribution is -2.44. The highest BCUT2D eigenvalue weighted by Gasteiger charge is 2.45. The van der Waals surface area contributed by atoms with E-state index in [1.54, 1.807) is 32.9 Å². The number of aryl methyl sites for hydroxylation is 1. The summed E-state index contributed by atoms with van der Waals surface area (Å²) >= 11 is 6.40. The summed E-state index contributed by atoms with van der Waals surface area (Å²) in [6.07, 6.45) is -0.658. The number of hydrogen-bond acceptors (Lipinski definition) is 7. The van der Waals surface area contributed by atoms with Crippen molar-refractivity contribution in [2.75, 3.05) is 12.0 Å². The van der Waals surface area contributed by atoms with E-state index >= 15 is 4.39 Å². The summed E-state index contributed by atoms with van der Waals surface area (Å²) in [5, 5.41) is 9.65. The van der Waals surface area contributed by atoms with E-state index in [-0.39, 0.29) is 24.1 Å². The highest BCUT2D eigenvalue weighted by Crippen LogP contribution is 2.45. The van der Waals surface area contributed by atoms with E-state index in [4.69, 9.17) is 20.8 Å². The Morgan fingerprint density at radius 1 is 1.15 bits per heavy atom. The van der Waals surface area contributed by atoms with E-state index in [0.29, 0.717) is 27.4 Å². The van der Waals surface area contributed by atoms with Crippen molar-refractivity contribution in [2.24, 2.45) is 0 Å². The lowest BCUT2D eigenvalue weighted by molar-refractivity contribution is 0.0506. The number of aromatic nitrogens is 2. The van der Waals surface area contributed by atoms with E-state index in [0.717, 1.165) is 15.4 Å². The zero-order valence-electron chi connectivity index (χ0n) is 22.9. The van der Waals surface area contributed by atoms with Gasteiger partial charge in [-0.1, -0.05) is 54.9 Å². The molecule has 12 heteroatoms. The van der Waals surface area contributed by atoms with Gasteiger partial charge in [-0.3, -0.25) is 0 Å². The Bertz CT molecular complexity index is 1740. The Balaban J connectivity index is 1.60. The van der Waals surface area contributed by atoms with Gasteiger partial charge in [0, 0.05) is 16.5 Å². The fourth-order valence-electron chi connectivity index (χ4n) is 5.31. The summed E-state index contributed by atoms with van der Waals surface area (Å²) in [4.78, 5) is 12.0. The van der Waals surface area contributed by atoms with Crippen molar-refractivity contribution in [1.29, 1.82) is 0 Å². The monoisotopic (exact) mass is 600 g/mol. The molecule has 0 radical (unpaired) electrons. The molecule has 0 saturated carbocycles. The first-order valence-electron chi connectivity index (χ1n) is 13.0. The van der Waals surface area contributed by atoms with E-state index in [9.17, 15) is 13.2 Å². The molecule has 0 amide bonds. The van der Waals surface area contributed by atoms with Crippen LogP contribution in [0.4, 0.5) is 10.1 Å². The molecule has 1 aliphatic heterocycles. The minimum Gasteiger partial charge on any atom is -0.391 e. The second kappa shape index (κ2) is 11.4. The fourth-order valence-corrected chi connectivity index (χ4v) is 7.51. The average molecular weight is 601 g/mol. The third-order valence-electron chi connectivity index (χ3n) is 7.53. The third kappa shape index (κ3) is 5.54. The SMILES string of the molecule is Cc1ccc(F)c(C(C)[C@@H](c2n[nH]c(=O)o2)N2CNc3cc(Cl)cc(C(C)OCc4ccccc4)c3S2(=O)=O)c1C. The van der Waals surface area contributed by atoms with Gasteiger partial charge in [0.2, 0.25) is 15.9 Å². The summed E-state index contributed by atoms with van der Waals surface area (Å²) in [6, 6.07) is 14.5. The molecule has 1 aliphatic rings. The lowest BCUT2D eigenvalue weighted by Gasteiger charge is -2.38. The number of nitrogens with one attached hydrogen (secondary N) is 2. The number of rotatable bonds is 8. The van der Waals surface area contributed by atoms with Crippen molar-refractivity contribution in [3.63, 3.8) is 0 Å². The van der Waals surface area contributed by atoms with Crippen LogP contribution in [0.1, 0.15) is 65.6 Å². The first-order chi connectivity index (χ1) is 19.5. The second-order valence-corrected chi connectivity index (χ2v) is 12.4. The van der Waals surface area contributed by atoms with Gasteiger partial charge in [-0.05, 0) is 61.2 Å². The average Bonchev–Trinajstić information content (AvgIpc) is 3.36. The Kier molecular flexibility index (Phi) is 8.06. The molecule has 0 aliphatic carbocycles. The molecule has 41 heavy (non-hydrogen) atoms. The zero-order chi connectivity index (χ0) is 29.5. The van der Waals surface area contributed by atoms with E-state index in [1.807, 2.05) is 37.3 Å². The molecular weight excluding hydrogens is 571 g/mol. The molecule has 2 heterocycles. The molecule has 9 nitrogen and oxygen atoms in total. The summed E-state index contributed by atoms with van der Waals surface area (Å²) in [7, 11) is -4.29. The number of hydrogen-bond donors (Lipinski definition) is 2. The number of nitrogens with zero attached hydrogens (tertiary/aromatic N) is 2. The van der Waals surface area contributed by atoms with Crippen molar-refractivity contribution in [2.45, 2.75) is 57.3 Å². The first kappa shape index (κ1) is 29.0. The predicted molar refractivity (Wildman–Crippen MR) is 153 cm³/mol. The minimum absolute atomic E-state index is 0.0229. The molecular formula is C29H30ClFN4O5S. The van der Waals surface area contributed by atoms with Crippen LogP contribution in [-0.4, -0.2) is 29.6 Å². The Labute approximate surface area is 242 Å². The molecule has 216 valence electrons. The summed E-state index contributed by atoms with van der Waals surface area (Å²) in [5.74, 6) is -2.32. The fraction of sp³-hybridized carbons (Fsp3) is 0.310. The molecule has 3 atom stereocenters. The van der Waals surface area contributed by atoms with Crippen LogP contribution in [-0.2, 0) is 21.4 Å². The molecule has 3 aromatic carbocycles. The molecule has 4 aromatic rings. The highest BCUT2D eigenvalue weighted by molar-refractivity contribution is 7.89. The van der Waals surface area contributed by atoms with Gasteiger partial charge >= 0.3 is 5.76 Å². The number of halogens is 2. The Morgan fingerprint density at radius 3 is 2.56 bits per heavy atom. The van der Waals surface area contributed by atoms with Crippen LogP contribution in [0.5, 0.6) is 0 Å². The largest absolute Gasteiger partial charge is 0.434 e. The van der Waals surface area contributed by atoms with Gasteiger partial charge in [0.25, 0.3) is 0 Å². The molecule has 0 fully saturated rings. The third-order valence-corrected chi connectivity index (χ3v) is 9.70. The summed E-state index contributed by atoms with van der Waals surface area (Å²) in [5.41, 5.74) is 3.40. The quantitative estimate of drug-likeness (QED) is 0.256. The highest BCUT2D eigenvalue weighted by atomic mass is 35.5. The molecule has 0 saturated heterocycles. The molecule has 0 spiro atoms. The van der Waals surface area contributed by atoms with Crippen LogP contribution in [0.3, 0.4) is 0 Å². The van der Waals surface area contributed by atoms with Gasteiger partial charge in [0.1, 0.15) is 16.8 Å². The first-order valence-corrected chi connectivity index (χ1v) is 14.9. The summed E-state index contributed by atoms with van der Waals surface area (Å²) in [6.45, 7) is 7.10. The smallest absolute Gasteiger partial charge is 0.391 e. The van der Waals surface area contributed by atoms with Crippen LogP contribution >= 0.6 is 11.6 Å². The van der Waals surface area contributed by atoms with Crippen molar-refractivity contribution in [1.82, 2.24) is 14.5 Å². The van der Waals surface area contributed by atoms with E-state index in [2.05, 4.69) is 15.5 Å². The van der Waals surface area contributed by atoms with Crippen molar-refractivity contribution in [3.05, 3.63) is 110 Å². The number of benzene rings is 3. The predicted octanol–water partition coefficient (Wildman–Crippen LogP) is 5.97. The van der Waals surface area contributed by atoms with Crippen molar-refractivity contribution < 1.29 is 22.0 Å². The van der Waals surface area contributed by atoms with Gasteiger partial charge in [-0.25, -0.2) is 22.7 Å². The van der Waals surface area contributed by atoms with Gasteiger partial charge in [-0.2, -0.15) is 4.31 Å². The number of anilines is 1. The Morgan fingerprint density at radius 2 is 1.88 bits per heavy atom. The van der Waals surface area contributed by atoms with Crippen LogP contribution in [0.2, 0.25) is 5.02 Å². The molecule has 0 bridgehead atoms. The molecule has 2 unspecified atom stereocenters. The Hall–Kier alpha value is -3.51. The van der Waals surface area contributed by atoms with Crippen molar-refractivity contribution >= 4 is 27.3 Å². The molecule has 1 aromatic heterocycles. The number of ether oxygens (including phenoxy) is 1. The van der Waals surface area contributed by atoms with E-state index < -0.39 is 39.7 Å². The second-order valence-electron chi connectivity index (χ2n) is 10.1.